The lowest BCUT2D eigenvalue weighted by molar-refractivity contribution is 0.0377. The number of rotatable bonds is 3. The maximum absolute atomic E-state index is 12.2. The van der Waals surface area contributed by atoms with Crippen molar-refractivity contribution in [3.63, 3.8) is 0 Å². The highest BCUT2D eigenvalue weighted by atomic mass is 16.6. The van der Waals surface area contributed by atoms with Crippen LogP contribution in [0.4, 0.5) is 10.5 Å². The number of amides is 1. The van der Waals surface area contributed by atoms with E-state index in [0.717, 1.165) is 51.1 Å². The van der Waals surface area contributed by atoms with E-state index in [1.165, 1.54) is 5.69 Å². The monoisotopic (exact) mass is 332 g/mol. The molecule has 1 saturated carbocycles. The Kier molecular flexibility index (Phi) is 4.72. The van der Waals surface area contributed by atoms with Crippen LogP contribution in [0.5, 0.6) is 0 Å². The van der Waals surface area contributed by atoms with Gasteiger partial charge in [0.25, 0.3) is 0 Å². The number of benzene rings is 1. The molecule has 2 aliphatic rings. The van der Waals surface area contributed by atoms with Gasteiger partial charge in [0.1, 0.15) is 5.60 Å². The minimum Gasteiger partial charge on any atom is -0.444 e. The van der Waals surface area contributed by atoms with E-state index in [9.17, 15) is 4.79 Å². The van der Waals surface area contributed by atoms with Crippen molar-refractivity contribution < 1.29 is 14.3 Å². The summed E-state index contributed by atoms with van der Waals surface area (Å²) in [5.74, 6) is 0. The Hall–Kier alpha value is -1.75. The van der Waals surface area contributed by atoms with Crippen LogP contribution in [-0.4, -0.2) is 38.0 Å². The first-order valence-electron chi connectivity index (χ1n) is 8.82. The van der Waals surface area contributed by atoms with E-state index in [0.29, 0.717) is 0 Å². The first-order valence-corrected chi connectivity index (χ1v) is 8.82. The SMILES string of the molecule is CC(C)(C)OC(=O)NC1(c2ccc(N3CCOCC3)cc2)CCC1. The summed E-state index contributed by atoms with van der Waals surface area (Å²) >= 11 is 0. The number of ether oxygens (including phenoxy) is 2. The van der Waals surface area contributed by atoms with Gasteiger partial charge in [0.05, 0.1) is 18.8 Å². The molecule has 1 aromatic carbocycles. The third-order valence-electron chi connectivity index (χ3n) is 4.74. The highest BCUT2D eigenvalue weighted by Crippen LogP contribution is 2.42. The Labute approximate surface area is 144 Å². The van der Waals surface area contributed by atoms with Crippen molar-refractivity contribution >= 4 is 11.8 Å². The lowest BCUT2D eigenvalue weighted by Crippen LogP contribution is -2.52. The number of carbonyl (C=O) groups excluding carboxylic acids is 1. The average Bonchev–Trinajstić information content (AvgIpc) is 2.50. The minimum atomic E-state index is -0.477. The number of carbonyl (C=O) groups is 1. The van der Waals surface area contributed by atoms with Crippen molar-refractivity contribution in [2.45, 2.75) is 51.2 Å². The van der Waals surface area contributed by atoms with Crippen LogP contribution in [0.25, 0.3) is 0 Å². The first kappa shape index (κ1) is 17.1. The number of nitrogens with zero attached hydrogens (tertiary/aromatic N) is 1. The van der Waals surface area contributed by atoms with Crippen LogP contribution in [0.15, 0.2) is 24.3 Å². The first-order chi connectivity index (χ1) is 11.4. The Morgan fingerprint density at radius 3 is 2.29 bits per heavy atom. The topological polar surface area (TPSA) is 50.8 Å². The normalized spacial score (nSPS) is 20.2. The average molecular weight is 332 g/mol. The predicted molar refractivity (Wildman–Crippen MR) is 94.4 cm³/mol. The smallest absolute Gasteiger partial charge is 0.408 e. The van der Waals surface area contributed by atoms with Gasteiger partial charge in [-0.05, 0) is 57.7 Å². The third-order valence-corrected chi connectivity index (χ3v) is 4.74. The zero-order valence-electron chi connectivity index (χ0n) is 14.9. The molecule has 1 saturated heterocycles. The molecule has 1 aliphatic carbocycles. The molecule has 0 bridgehead atoms. The Bertz CT molecular complexity index is 567. The zero-order valence-corrected chi connectivity index (χ0v) is 14.9. The maximum atomic E-state index is 12.2. The second-order valence-electron chi connectivity index (χ2n) is 7.71. The number of hydrogen-bond donors (Lipinski definition) is 1. The molecule has 0 radical (unpaired) electrons. The fraction of sp³-hybridized carbons (Fsp3) is 0.632. The van der Waals surface area contributed by atoms with Gasteiger partial charge in [-0.15, -0.1) is 0 Å². The van der Waals surface area contributed by atoms with Crippen LogP contribution in [-0.2, 0) is 15.0 Å². The molecule has 0 atom stereocenters. The van der Waals surface area contributed by atoms with Gasteiger partial charge in [-0.25, -0.2) is 4.79 Å². The summed E-state index contributed by atoms with van der Waals surface area (Å²) in [5, 5.41) is 3.11. The van der Waals surface area contributed by atoms with Gasteiger partial charge in [-0.3, -0.25) is 0 Å². The van der Waals surface area contributed by atoms with Crippen LogP contribution in [0.2, 0.25) is 0 Å². The second-order valence-corrected chi connectivity index (χ2v) is 7.71. The van der Waals surface area contributed by atoms with Gasteiger partial charge in [-0.1, -0.05) is 12.1 Å². The quantitative estimate of drug-likeness (QED) is 0.921. The van der Waals surface area contributed by atoms with Gasteiger partial charge in [0.2, 0.25) is 0 Å². The molecular weight excluding hydrogens is 304 g/mol. The van der Waals surface area contributed by atoms with Crippen LogP contribution in [0, 0.1) is 0 Å². The number of morpholine rings is 1. The Balaban J connectivity index is 1.70. The summed E-state index contributed by atoms with van der Waals surface area (Å²) in [6.45, 7) is 9.09. The molecule has 0 spiro atoms. The molecule has 1 amide bonds. The van der Waals surface area contributed by atoms with Gasteiger partial charge in [0.15, 0.2) is 0 Å². The van der Waals surface area contributed by atoms with Crippen molar-refractivity contribution in [2.75, 3.05) is 31.2 Å². The maximum Gasteiger partial charge on any atom is 0.408 e. The number of alkyl carbamates (subject to hydrolysis) is 1. The lowest BCUT2D eigenvalue weighted by Gasteiger charge is -2.43. The van der Waals surface area contributed by atoms with Gasteiger partial charge >= 0.3 is 6.09 Å². The summed E-state index contributed by atoms with van der Waals surface area (Å²) < 4.78 is 10.8. The summed E-state index contributed by atoms with van der Waals surface area (Å²) in [6.07, 6.45) is 2.72. The van der Waals surface area contributed by atoms with Crippen molar-refractivity contribution in [3.05, 3.63) is 29.8 Å². The molecule has 24 heavy (non-hydrogen) atoms. The van der Waals surface area contributed by atoms with E-state index in [1.54, 1.807) is 0 Å². The molecule has 0 aromatic heterocycles. The molecule has 132 valence electrons. The second kappa shape index (κ2) is 6.63. The van der Waals surface area contributed by atoms with E-state index < -0.39 is 5.60 Å². The number of anilines is 1. The van der Waals surface area contributed by atoms with E-state index in [-0.39, 0.29) is 11.6 Å². The van der Waals surface area contributed by atoms with Gasteiger partial charge < -0.3 is 19.7 Å². The summed E-state index contributed by atoms with van der Waals surface area (Å²) in [6, 6.07) is 8.58. The van der Waals surface area contributed by atoms with Crippen molar-refractivity contribution in [2.24, 2.45) is 0 Å². The summed E-state index contributed by atoms with van der Waals surface area (Å²) in [4.78, 5) is 14.5. The van der Waals surface area contributed by atoms with E-state index in [4.69, 9.17) is 9.47 Å². The number of nitrogens with one attached hydrogen (secondary N) is 1. The zero-order chi connectivity index (χ0) is 17.2. The van der Waals surface area contributed by atoms with Crippen molar-refractivity contribution in [1.29, 1.82) is 0 Å². The molecule has 1 aliphatic heterocycles. The molecule has 0 unspecified atom stereocenters. The fourth-order valence-electron chi connectivity index (χ4n) is 3.33. The van der Waals surface area contributed by atoms with Gasteiger partial charge in [0, 0.05) is 18.8 Å². The predicted octanol–water partition coefficient (Wildman–Crippen LogP) is 3.43. The Morgan fingerprint density at radius 2 is 1.79 bits per heavy atom. The molecule has 5 nitrogen and oxygen atoms in total. The highest BCUT2D eigenvalue weighted by molar-refractivity contribution is 5.69. The fourth-order valence-corrected chi connectivity index (χ4v) is 3.33. The molecular formula is C19H28N2O3. The van der Waals surface area contributed by atoms with Crippen LogP contribution < -0.4 is 10.2 Å². The molecule has 1 N–H and O–H groups in total. The summed E-state index contributed by atoms with van der Waals surface area (Å²) in [5.41, 5.74) is 1.63. The molecule has 1 heterocycles. The van der Waals surface area contributed by atoms with Crippen LogP contribution in [0.3, 0.4) is 0 Å². The van der Waals surface area contributed by atoms with E-state index in [1.807, 2.05) is 20.8 Å². The molecule has 1 aromatic rings. The number of hydrogen-bond acceptors (Lipinski definition) is 4. The molecule has 3 rings (SSSR count). The third kappa shape index (κ3) is 3.83. The largest absolute Gasteiger partial charge is 0.444 e. The van der Waals surface area contributed by atoms with Crippen molar-refractivity contribution in [3.8, 4) is 0 Å². The Morgan fingerprint density at radius 1 is 1.17 bits per heavy atom. The van der Waals surface area contributed by atoms with Crippen LogP contribution in [0.1, 0.15) is 45.6 Å². The van der Waals surface area contributed by atoms with Gasteiger partial charge in [-0.2, -0.15) is 0 Å². The summed E-state index contributed by atoms with van der Waals surface area (Å²) in [7, 11) is 0. The van der Waals surface area contributed by atoms with Crippen LogP contribution >= 0.6 is 0 Å². The highest BCUT2D eigenvalue weighted by Gasteiger charge is 2.41. The molecule has 5 heteroatoms. The standard InChI is InChI=1S/C19H28N2O3/c1-18(2,3)24-17(22)20-19(9-4-10-19)15-5-7-16(8-6-15)21-11-13-23-14-12-21/h5-8H,4,9-14H2,1-3H3,(H,20,22). The lowest BCUT2D eigenvalue weighted by atomic mass is 9.72. The minimum absolute atomic E-state index is 0.272. The molecule has 2 fully saturated rings. The van der Waals surface area contributed by atoms with Crippen molar-refractivity contribution in [1.82, 2.24) is 5.32 Å². The van der Waals surface area contributed by atoms with E-state index >= 15 is 0 Å². The van der Waals surface area contributed by atoms with E-state index in [2.05, 4.69) is 34.5 Å².